The molecular formula is C13H9Br2NO3S2. The van der Waals surface area contributed by atoms with Crippen LogP contribution in [-0.4, -0.2) is 22.7 Å². The second-order valence-electron chi connectivity index (χ2n) is 3.88. The van der Waals surface area contributed by atoms with Crippen LogP contribution in [0.15, 0.2) is 42.8 Å². The summed E-state index contributed by atoms with van der Waals surface area (Å²) in [5.41, 5.74) is 0.299. The molecule has 0 aliphatic heterocycles. The standard InChI is InChI=1S/C13H9Br2NO3S2/c14-7-4-8(13(18)19)12(9(15)5-7)16-10(17)6-21-11-2-1-3-20-11/h1-5H,6H2,(H,16,17)(H,18,19). The molecule has 0 bridgehead atoms. The number of carboxylic acid groups (broad SMARTS) is 1. The number of amides is 1. The van der Waals surface area contributed by atoms with E-state index in [9.17, 15) is 14.7 Å². The number of hydrogen-bond acceptors (Lipinski definition) is 4. The van der Waals surface area contributed by atoms with Crippen LogP contribution in [0.2, 0.25) is 0 Å². The van der Waals surface area contributed by atoms with Crippen molar-refractivity contribution in [2.24, 2.45) is 0 Å². The van der Waals surface area contributed by atoms with Gasteiger partial charge in [0.05, 0.1) is 21.2 Å². The molecule has 0 fully saturated rings. The molecule has 1 amide bonds. The van der Waals surface area contributed by atoms with Gasteiger partial charge in [0, 0.05) is 8.95 Å². The van der Waals surface area contributed by atoms with Crippen LogP contribution in [0, 0.1) is 0 Å². The first-order chi connectivity index (χ1) is 9.97. The Hall–Kier alpha value is -0.830. The van der Waals surface area contributed by atoms with Crippen molar-refractivity contribution in [3.8, 4) is 0 Å². The van der Waals surface area contributed by atoms with Gasteiger partial charge in [-0.05, 0) is 39.5 Å². The molecule has 2 rings (SSSR count). The van der Waals surface area contributed by atoms with Gasteiger partial charge in [0.15, 0.2) is 0 Å². The molecule has 0 atom stereocenters. The monoisotopic (exact) mass is 449 g/mol. The lowest BCUT2D eigenvalue weighted by Gasteiger charge is -2.11. The Kier molecular flexibility index (Phi) is 5.86. The van der Waals surface area contributed by atoms with E-state index in [4.69, 9.17) is 0 Å². The summed E-state index contributed by atoms with van der Waals surface area (Å²) < 4.78 is 2.18. The van der Waals surface area contributed by atoms with Crippen LogP contribution in [-0.2, 0) is 4.79 Å². The average molecular weight is 451 g/mol. The summed E-state index contributed by atoms with van der Waals surface area (Å²) in [6, 6.07) is 6.99. The molecule has 0 aliphatic rings. The molecule has 0 spiro atoms. The molecule has 1 aromatic heterocycles. The van der Waals surface area contributed by atoms with Crippen LogP contribution >= 0.6 is 55.0 Å². The minimum Gasteiger partial charge on any atom is -0.478 e. The van der Waals surface area contributed by atoms with Gasteiger partial charge in [0.2, 0.25) is 5.91 Å². The lowest BCUT2D eigenvalue weighted by atomic mass is 10.2. The van der Waals surface area contributed by atoms with Gasteiger partial charge in [-0.15, -0.1) is 23.1 Å². The van der Waals surface area contributed by atoms with Crippen LogP contribution in [0.1, 0.15) is 10.4 Å². The van der Waals surface area contributed by atoms with Gasteiger partial charge in [-0.3, -0.25) is 4.79 Å². The third kappa shape index (κ3) is 4.57. The average Bonchev–Trinajstić information content (AvgIpc) is 2.92. The fourth-order valence-corrected chi connectivity index (χ4v) is 4.44. The SMILES string of the molecule is O=C(CSc1cccs1)Nc1c(Br)cc(Br)cc1C(=O)O. The summed E-state index contributed by atoms with van der Waals surface area (Å²) >= 11 is 9.47. The number of carbonyl (C=O) groups is 2. The molecule has 2 N–H and O–H groups in total. The number of carboxylic acids is 1. The van der Waals surface area contributed by atoms with E-state index in [2.05, 4.69) is 37.2 Å². The number of rotatable bonds is 5. The molecule has 0 saturated heterocycles. The van der Waals surface area contributed by atoms with E-state index in [1.165, 1.54) is 17.8 Å². The maximum Gasteiger partial charge on any atom is 0.337 e. The van der Waals surface area contributed by atoms with Gasteiger partial charge >= 0.3 is 5.97 Å². The van der Waals surface area contributed by atoms with Crippen molar-refractivity contribution >= 4 is 72.5 Å². The largest absolute Gasteiger partial charge is 0.478 e. The number of thiophene rings is 1. The number of nitrogens with one attached hydrogen (secondary N) is 1. The van der Waals surface area contributed by atoms with Crippen molar-refractivity contribution < 1.29 is 14.7 Å². The molecule has 110 valence electrons. The predicted molar refractivity (Wildman–Crippen MR) is 92.5 cm³/mol. The molecular weight excluding hydrogens is 442 g/mol. The first-order valence-electron chi connectivity index (χ1n) is 5.66. The summed E-state index contributed by atoms with van der Waals surface area (Å²) in [5, 5.41) is 13.8. The van der Waals surface area contributed by atoms with E-state index in [0.717, 1.165) is 4.21 Å². The minimum absolute atomic E-state index is 0.0331. The topological polar surface area (TPSA) is 66.4 Å². The Morgan fingerprint density at radius 2 is 2.10 bits per heavy atom. The summed E-state index contributed by atoms with van der Waals surface area (Å²) in [6.45, 7) is 0. The van der Waals surface area contributed by atoms with Gasteiger partial charge in [0.1, 0.15) is 0 Å². The zero-order chi connectivity index (χ0) is 15.4. The molecule has 0 radical (unpaired) electrons. The van der Waals surface area contributed by atoms with E-state index in [-0.39, 0.29) is 22.9 Å². The van der Waals surface area contributed by atoms with Crippen LogP contribution < -0.4 is 5.32 Å². The number of carbonyl (C=O) groups excluding carboxylic acids is 1. The van der Waals surface area contributed by atoms with Gasteiger partial charge < -0.3 is 10.4 Å². The van der Waals surface area contributed by atoms with E-state index in [1.54, 1.807) is 17.4 Å². The summed E-state index contributed by atoms with van der Waals surface area (Å²) in [5.74, 6) is -1.13. The molecule has 1 heterocycles. The number of benzene rings is 1. The second kappa shape index (κ2) is 7.44. The van der Waals surface area contributed by atoms with Crippen LogP contribution in [0.3, 0.4) is 0 Å². The Morgan fingerprint density at radius 3 is 2.71 bits per heavy atom. The van der Waals surface area contributed by atoms with E-state index in [1.807, 2.05) is 17.5 Å². The fourth-order valence-electron chi connectivity index (χ4n) is 1.53. The highest BCUT2D eigenvalue weighted by atomic mass is 79.9. The molecule has 0 saturated carbocycles. The molecule has 1 aromatic carbocycles. The highest BCUT2D eigenvalue weighted by Crippen LogP contribution is 2.31. The van der Waals surface area contributed by atoms with Crippen molar-refractivity contribution in [2.75, 3.05) is 11.1 Å². The maximum atomic E-state index is 12.0. The quantitative estimate of drug-likeness (QED) is 0.647. The fraction of sp³-hybridized carbons (Fsp3) is 0.0769. The first-order valence-corrected chi connectivity index (χ1v) is 9.11. The lowest BCUT2D eigenvalue weighted by Crippen LogP contribution is -2.17. The van der Waals surface area contributed by atoms with Gasteiger partial charge in [-0.2, -0.15) is 0 Å². The maximum absolute atomic E-state index is 12.0. The third-order valence-electron chi connectivity index (χ3n) is 2.39. The molecule has 2 aromatic rings. The van der Waals surface area contributed by atoms with Crippen LogP contribution in [0.25, 0.3) is 0 Å². The smallest absolute Gasteiger partial charge is 0.337 e. The number of halogens is 2. The predicted octanol–water partition coefficient (Wildman–Crippen LogP) is 4.70. The van der Waals surface area contributed by atoms with E-state index in [0.29, 0.717) is 8.95 Å². The van der Waals surface area contributed by atoms with Crippen LogP contribution in [0.4, 0.5) is 5.69 Å². The minimum atomic E-state index is -1.10. The van der Waals surface area contributed by atoms with E-state index < -0.39 is 5.97 Å². The number of anilines is 1. The van der Waals surface area contributed by atoms with Crippen molar-refractivity contribution in [1.82, 2.24) is 0 Å². The van der Waals surface area contributed by atoms with Crippen molar-refractivity contribution in [1.29, 1.82) is 0 Å². The summed E-state index contributed by atoms with van der Waals surface area (Å²) in [4.78, 5) is 23.2. The van der Waals surface area contributed by atoms with E-state index >= 15 is 0 Å². The zero-order valence-corrected chi connectivity index (χ0v) is 15.2. The van der Waals surface area contributed by atoms with Crippen molar-refractivity contribution in [3.63, 3.8) is 0 Å². The molecule has 21 heavy (non-hydrogen) atoms. The van der Waals surface area contributed by atoms with Crippen molar-refractivity contribution in [2.45, 2.75) is 4.21 Å². The summed E-state index contributed by atoms with van der Waals surface area (Å²) in [6.07, 6.45) is 0. The first kappa shape index (κ1) is 16.5. The highest BCUT2D eigenvalue weighted by molar-refractivity contribution is 9.11. The second-order valence-corrected chi connectivity index (χ2v) is 7.88. The molecule has 8 heteroatoms. The Bertz CT molecular complexity index is 674. The molecule has 4 nitrogen and oxygen atoms in total. The number of aromatic carboxylic acids is 1. The Labute approximate surface area is 146 Å². The Morgan fingerprint density at radius 1 is 1.33 bits per heavy atom. The van der Waals surface area contributed by atoms with Gasteiger partial charge in [-0.25, -0.2) is 4.79 Å². The van der Waals surface area contributed by atoms with Crippen LogP contribution in [0.5, 0.6) is 0 Å². The highest BCUT2D eigenvalue weighted by Gasteiger charge is 2.17. The number of hydrogen-bond donors (Lipinski definition) is 2. The van der Waals surface area contributed by atoms with Gasteiger partial charge in [-0.1, -0.05) is 22.0 Å². The zero-order valence-electron chi connectivity index (χ0n) is 10.4. The summed E-state index contributed by atoms with van der Waals surface area (Å²) in [7, 11) is 0. The Balaban J connectivity index is 2.11. The van der Waals surface area contributed by atoms with Crippen molar-refractivity contribution in [3.05, 3.63) is 44.2 Å². The van der Waals surface area contributed by atoms with Gasteiger partial charge in [0.25, 0.3) is 0 Å². The molecule has 0 unspecified atom stereocenters. The third-order valence-corrected chi connectivity index (χ3v) is 5.60. The number of thioether (sulfide) groups is 1. The lowest BCUT2D eigenvalue weighted by molar-refractivity contribution is -0.113. The normalized spacial score (nSPS) is 10.4. The molecule has 0 aliphatic carbocycles.